The number of furan rings is 1. The van der Waals surface area contributed by atoms with E-state index in [4.69, 9.17) is 4.42 Å². The molecule has 0 spiro atoms. The van der Waals surface area contributed by atoms with Gasteiger partial charge >= 0.3 is 0 Å². The molecule has 17 heavy (non-hydrogen) atoms. The van der Waals surface area contributed by atoms with Crippen molar-refractivity contribution in [1.29, 1.82) is 0 Å². The summed E-state index contributed by atoms with van der Waals surface area (Å²) < 4.78 is 4.98. The Labute approximate surface area is 102 Å². The van der Waals surface area contributed by atoms with Gasteiger partial charge in [0.05, 0.1) is 17.9 Å². The van der Waals surface area contributed by atoms with Gasteiger partial charge in [-0.15, -0.1) is 0 Å². The van der Waals surface area contributed by atoms with Gasteiger partial charge in [0.2, 0.25) is 5.91 Å². The van der Waals surface area contributed by atoms with Crippen molar-refractivity contribution in [2.45, 2.75) is 32.7 Å². The summed E-state index contributed by atoms with van der Waals surface area (Å²) in [4.78, 5) is 12.3. The van der Waals surface area contributed by atoms with Crippen LogP contribution in [-0.4, -0.2) is 19.0 Å². The van der Waals surface area contributed by atoms with Crippen molar-refractivity contribution in [2.75, 3.05) is 13.1 Å². The molecule has 1 aromatic heterocycles. The molecule has 1 aliphatic rings. The van der Waals surface area contributed by atoms with E-state index in [1.165, 1.54) is 0 Å². The Hall–Kier alpha value is -1.29. The molecule has 0 aliphatic carbocycles. The lowest BCUT2D eigenvalue weighted by molar-refractivity contribution is -0.132. The minimum atomic E-state index is -0.220. The summed E-state index contributed by atoms with van der Waals surface area (Å²) >= 11 is 0. The SMILES string of the molecule is CCC1(C(=O)NCc2ccoc2)CCCNC1. The molecule has 4 nitrogen and oxygen atoms in total. The smallest absolute Gasteiger partial charge is 0.227 e. The number of carbonyl (C=O) groups is 1. The second-order valence-corrected chi connectivity index (χ2v) is 4.73. The minimum absolute atomic E-state index is 0.161. The van der Waals surface area contributed by atoms with Crippen molar-refractivity contribution in [3.8, 4) is 0 Å². The quantitative estimate of drug-likeness (QED) is 0.836. The first-order valence-corrected chi connectivity index (χ1v) is 6.27. The van der Waals surface area contributed by atoms with Crippen LogP contribution in [0.4, 0.5) is 0 Å². The minimum Gasteiger partial charge on any atom is -0.472 e. The van der Waals surface area contributed by atoms with Crippen LogP contribution >= 0.6 is 0 Å². The number of hydrogen-bond acceptors (Lipinski definition) is 3. The van der Waals surface area contributed by atoms with Gasteiger partial charge < -0.3 is 15.1 Å². The standard InChI is InChI=1S/C13H20N2O2/c1-2-13(5-3-6-14-10-13)12(16)15-8-11-4-7-17-9-11/h4,7,9,14H,2-3,5-6,8,10H2,1H3,(H,15,16). The maximum Gasteiger partial charge on any atom is 0.227 e. The summed E-state index contributed by atoms with van der Waals surface area (Å²) in [6, 6.07) is 1.87. The van der Waals surface area contributed by atoms with Gasteiger partial charge in [-0.3, -0.25) is 4.79 Å². The summed E-state index contributed by atoms with van der Waals surface area (Å²) in [6.07, 6.45) is 6.23. The fraction of sp³-hybridized carbons (Fsp3) is 0.615. The van der Waals surface area contributed by atoms with Gasteiger partial charge in [0.1, 0.15) is 0 Å². The molecule has 0 aromatic carbocycles. The molecular weight excluding hydrogens is 216 g/mol. The third kappa shape index (κ3) is 2.69. The second-order valence-electron chi connectivity index (χ2n) is 4.73. The third-order valence-electron chi connectivity index (χ3n) is 3.66. The van der Waals surface area contributed by atoms with Crippen molar-refractivity contribution in [1.82, 2.24) is 10.6 Å². The van der Waals surface area contributed by atoms with Crippen LogP contribution in [0.1, 0.15) is 31.7 Å². The molecule has 0 radical (unpaired) electrons. The lowest BCUT2D eigenvalue weighted by atomic mass is 9.77. The Morgan fingerprint density at radius 1 is 1.65 bits per heavy atom. The van der Waals surface area contributed by atoms with E-state index >= 15 is 0 Å². The number of hydrogen-bond donors (Lipinski definition) is 2. The van der Waals surface area contributed by atoms with Crippen molar-refractivity contribution >= 4 is 5.91 Å². The Balaban J connectivity index is 1.93. The summed E-state index contributed by atoms with van der Waals surface area (Å²) in [5, 5.41) is 6.33. The van der Waals surface area contributed by atoms with Crippen molar-refractivity contribution in [3.05, 3.63) is 24.2 Å². The van der Waals surface area contributed by atoms with Gasteiger partial charge in [0.15, 0.2) is 0 Å². The van der Waals surface area contributed by atoms with E-state index in [1.54, 1.807) is 12.5 Å². The average molecular weight is 236 g/mol. The van der Waals surface area contributed by atoms with Gasteiger partial charge in [-0.2, -0.15) is 0 Å². The van der Waals surface area contributed by atoms with Gasteiger partial charge in [-0.05, 0) is 31.9 Å². The zero-order valence-corrected chi connectivity index (χ0v) is 10.3. The Kier molecular flexibility index (Phi) is 3.84. The van der Waals surface area contributed by atoms with Crippen molar-refractivity contribution < 1.29 is 9.21 Å². The number of amides is 1. The van der Waals surface area contributed by atoms with E-state index in [0.717, 1.165) is 37.9 Å². The Morgan fingerprint density at radius 2 is 2.53 bits per heavy atom. The fourth-order valence-electron chi connectivity index (χ4n) is 2.39. The highest BCUT2D eigenvalue weighted by atomic mass is 16.3. The van der Waals surface area contributed by atoms with E-state index in [2.05, 4.69) is 17.6 Å². The van der Waals surface area contributed by atoms with Crippen LogP contribution in [-0.2, 0) is 11.3 Å². The number of nitrogens with one attached hydrogen (secondary N) is 2. The molecule has 2 rings (SSSR count). The maximum atomic E-state index is 12.3. The summed E-state index contributed by atoms with van der Waals surface area (Å²) in [6.45, 7) is 4.46. The van der Waals surface area contributed by atoms with Crippen molar-refractivity contribution in [2.24, 2.45) is 5.41 Å². The second kappa shape index (κ2) is 5.36. The van der Waals surface area contributed by atoms with Crippen LogP contribution < -0.4 is 10.6 Å². The maximum absolute atomic E-state index is 12.3. The molecule has 1 aliphatic heterocycles. The highest BCUT2D eigenvalue weighted by Crippen LogP contribution is 2.30. The predicted octanol–water partition coefficient (Wildman–Crippen LogP) is 1.68. The van der Waals surface area contributed by atoms with E-state index in [-0.39, 0.29) is 11.3 Å². The molecule has 0 saturated carbocycles. The highest BCUT2D eigenvalue weighted by molar-refractivity contribution is 5.83. The van der Waals surface area contributed by atoms with Gasteiger partial charge in [0.25, 0.3) is 0 Å². The first kappa shape index (κ1) is 12.2. The van der Waals surface area contributed by atoms with Crippen LogP contribution in [0.15, 0.2) is 23.0 Å². The summed E-state index contributed by atoms with van der Waals surface area (Å²) in [5.41, 5.74) is 0.787. The molecule has 1 fully saturated rings. The number of carbonyl (C=O) groups excluding carboxylic acids is 1. The van der Waals surface area contributed by atoms with Crippen LogP contribution in [0.25, 0.3) is 0 Å². The van der Waals surface area contributed by atoms with Gasteiger partial charge in [-0.1, -0.05) is 6.92 Å². The van der Waals surface area contributed by atoms with Gasteiger partial charge in [0, 0.05) is 18.7 Å². The molecule has 2 heterocycles. The Bertz CT molecular complexity index is 354. The van der Waals surface area contributed by atoms with Crippen LogP contribution in [0.5, 0.6) is 0 Å². The van der Waals surface area contributed by atoms with Crippen LogP contribution in [0.3, 0.4) is 0 Å². The molecule has 0 bridgehead atoms. The van der Waals surface area contributed by atoms with Gasteiger partial charge in [-0.25, -0.2) is 0 Å². The Morgan fingerprint density at radius 3 is 3.12 bits per heavy atom. The van der Waals surface area contributed by atoms with E-state index in [0.29, 0.717) is 6.54 Å². The summed E-state index contributed by atoms with van der Waals surface area (Å²) in [5.74, 6) is 0.161. The lowest BCUT2D eigenvalue weighted by Crippen LogP contribution is -2.49. The zero-order chi connectivity index (χ0) is 12.1. The monoisotopic (exact) mass is 236 g/mol. The molecule has 1 amide bonds. The molecule has 2 N–H and O–H groups in total. The van der Waals surface area contributed by atoms with E-state index < -0.39 is 0 Å². The van der Waals surface area contributed by atoms with E-state index in [1.807, 2.05) is 6.07 Å². The van der Waals surface area contributed by atoms with Crippen LogP contribution in [0.2, 0.25) is 0 Å². The first-order valence-electron chi connectivity index (χ1n) is 6.27. The largest absolute Gasteiger partial charge is 0.472 e. The predicted molar refractivity (Wildman–Crippen MR) is 65.4 cm³/mol. The summed E-state index contributed by atoms with van der Waals surface area (Å²) in [7, 11) is 0. The lowest BCUT2D eigenvalue weighted by Gasteiger charge is -2.35. The molecule has 1 saturated heterocycles. The molecular formula is C13H20N2O2. The van der Waals surface area contributed by atoms with E-state index in [9.17, 15) is 4.79 Å². The fourth-order valence-corrected chi connectivity index (χ4v) is 2.39. The first-order chi connectivity index (χ1) is 8.27. The number of rotatable bonds is 4. The van der Waals surface area contributed by atoms with Crippen LogP contribution in [0, 0.1) is 5.41 Å². The normalized spacial score (nSPS) is 24.5. The zero-order valence-electron chi connectivity index (χ0n) is 10.3. The molecule has 1 unspecified atom stereocenters. The number of piperidine rings is 1. The third-order valence-corrected chi connectivity index (χ3v) is 3.66. The molecule has 1 aromatic rings. The highest BCUT2D eigenvalue weighted by Gasteiger charge is 2.37. The topological polar surface area (TPSA) is 54.3 Å². The van der Waals surface area contributed by atoms with Crippen molar-refractivity contribution in [3.63, 3.8) is 0 Å². The molecule has 4 heteroatoms. The molecule has 94 valence electrons. The average Bonchev–Trinajstić information content (AvgIpc) is 2.90. The molecule has 1 atom stereocenters.